The maximum Gasteiger partial charge on any atom is 0.401 e. The number of ketones is 1. The van der Waals surface area contributed by atoms with Gasteiger partial charge in [-0.2, -0.15) is 26.3 Å². The molecule has 2 fully saturated rings. The lowest BCUT2D eigenvalue weighted by atomic mass is 9.83. The first-order valence-corrected chi connectivity index (χ1v) is 10.6. The van der Waals surface area contributed by atoms with Crippen LogP contribution in [0.5, 0.6) is 0 Å². The van der Waals surface area contributed by atoms with Gasteiger partial charge < -0.3 is 4.90 Å². The fourth-order valence-electron chi connectivity index (χ4n) is 4.70. The van der Waals surface area contributed by atoms with Gasteiger partial charge in [-0.15, -0.1) is 0 Å². The summed E-state index contributed by atoms with van der Waals surface area (Å²) >= 11 is 0. The number of benzene rings is 1. The molecule has 0 spiro atoms. The fourth-order valence-corrected chi connectivity index (χ4v) is 4.70. The van der Waals surface area contributed by atoms with Crippen molar-refractivity contribution in [2.24, 2.45) is 17.3 Å². The van der Waals surface area contributed by atoms with Crippen LogP contribution in [0.2, 0.25) is 0 Å². The molecule has 2 atom stereocenters. The van der Waals surface area contributed by atoms with E-state index >= 15 is 0 Å². The van der Waals surface area contributed by atoms with Crippen molar-refractivity contribution in [3.05, 3.63) is 36.0 Å². The Hall–Kier alpha value is -2.32. The predicted molar refractivity (Wildman–Crippen MR) is 110 cm³/mol. The largest absolute Gasteiger partial charge is 0.401 e. The summed E-state index contributed by atoms with van der Waals surface area (Å²) in [5, 5.41) is 1.05. The van der Waals surface area contributed by atoms with Crippen molar-refractivity contribution in [1.82, 2.24) is 4.98 Å². The average Bonchev–Trinajstić information content (AvgIpc) is 3.50. The Morgan fingerprint density at radius 1 is 1.19 bits per heavy atom. The number of fused-ring (bicyclic) bond motifs is 1. The summed E-state index contributed by atoms with van der Waals surface area (Å²) in [5.74, 6) is -0.348. The fraction of sp³-hybridized carbons (Fsp3) is 0.565. The number of piperidine rings is 1. The second-order valence-electron chi connectivity index (χ2n) is 8.87. The third kappa shape index (κ3) is 5.18. The van der Waals surface area contributed by atoms with E-state index in [1.54, 1.807) is 6.20 Å². The lowest BCUT2D eigenvalue weighted by Gasteiger charge is -2.39. The molecule has 2 heterocycles. The summed E-state index contributed by atoms with van der Waals surface area (Å²) in [6.07, 6.45) is -1.93. The van der Waals surface area contributed by atoms with Crippen LogP contribution in [0.1, 0.15) is 38.2 Å². The van der Waals surface area contributed by atoms with E-state index in [0.29, 0.717) is 12.5 Å². The van der Waals surface area contributed by atoms with Gasteiger partial charge in [0.15, 0.2) is 0 Å². The molecule has 32 heavy (non-hydrogen) atoms. The molecular weight excluding hydrogens is 434 g/mol. The Balaban J connectivity index is 0.000000668. The lowest BCUT2D eigenvalue weighted by Crippen LogP contribution is -2.42. The van der Waals surface area contributed by atoms with Gasteiger partial charge >= 0.3 is 12.9 Å². The van der Waals surface area contributed by atoms with E-state index in [9.17, 15) is 31.1 Å². The van der Waals surface area contributed by atoms with Gasteiger partial charge in [0.1, 0.15) is 11.2 Å². The number of rotatable bonds is 4. The highest BCUT2D eigenvalue weighted by Crippen LogP contribution is 2.59. The molecule has 1 saturated heterocycles. The lowest BCUT2D eigenvalue weighted by molar-refractivity contribution is -0.191. The highest BCUT2D eigenvalue weighted by atomic mass is 19.4. The van der Waals surface area contributed by atoms with Gasteiger partial charge in [-0.1, -0.05) is 13.0 Å². The molecule has 0 amide bonds. The van der Waals surface area contributed by atoms with Crippen LogP contribution in [-0.2, 0) is 4.79 Å². The van der Waals surface area contributed by atoms with E-state index in [1.807, 2.05) is 25.1 Å². The number of carbonyl (C=O) groups is 1. The number of hydrogen-bond acceptors (Lipinski definition) is 3. The van der Waals surface area contributed by atoms with E-state index in [-0.39, 0.29) is 25.2 Å². The third-order valence-electron chi connectivity index (χ3n) is 6.34. The first-order valence-electron chi connectivity index (χ1n) is 10.6. The second kappa shape index (κ2) is 9.27. The quantitative estimate of drug-likeness (QED) is 0.490. The van der Waals surface area contributed by atoms with Crippen molar-refractivity contribution in [3.63, 3.8) is 0 Å². The van der Waals surface area contributed by atoms with Crippen LogP contribution < -0.4 is 4.90 Å². The van der Waals surface area contributed by atoms with Gasteiger partial charge in [0.25, 0.3) is 0 Å². The highest BCUT2D eigenvalue weighted by Gasteiger charge is 2.67. The van der Waals surface area contributed by atoms with E-state index in [0.717, 1.165) is 35.1 Å². The van der Waals surface area contributed by atoms with Crippen molar-refractivity contribution in [1.29, 1.82) is 0 Å². The van der Waals surface area contributed by atoms with Crippen LogP contribution in [0.25, 0.3) is 10.9 Å². The number of aryl methyl sites for hydroxylation is 1. The molecular formula is C23H26F6N2O. The number of alkyl halides is 6. The van der Waals surface area contributed by atoms with Crippen molar-refractivity contribution in [2.45, 2.75) is 52.4 Å². The number of halogens is 6. The number of hydrogen-bond donors (Lipinski definition) is 0. The summed E-state index contributed by atoms with van der Waals surface area (Å²) in [5.41, 5.74) is 1.03. The summed E-state index contributed by atoms with van der Waals surface area (Å²) in [4.78, 5) is 19.2. The van der Waals surface area contributed by atoms with Gasteiger partial charge in [-0.25, -0.2) is 0 Å². The average molecular weight is 460 g/mol. The molecule has 1 aromatic heterocycles. The normalized spacial score (nSPS) is 22.5. The first kappa shape index (κ1) is 24.3. The van der Waals surface area contributed by atoms with Gasteiger partial charge in [0, 0.05) is 36.8 Å². The molecule has 0 radical (unpaired) electrons. The number of aromatic nitrogens is 1. The SMILES string of the molecule is Cc1ccc(N2C[C@@H](C)C[C@@H](CC(=O)C3(C(F)(F)F)CC3)C2)c2cccnc12.FC(F)F. The van der Waals surface area contributed by atoms with Crippen LogP contribution in [0.3, 0.4) is 0 Å². The van der Waals surface area contributed by atoms with Crippen molar-refractivity contribution in [3.8, 4) is 0 Å². The van der Waals surface area contributed by atoms with E-state index < -0.39 is 24.1 Å². The Labute approximate surface area is 182 Å². The maximum absolute atomic E-state index is 13.3. The zero-order valence-electron chi connectivity index (χ0n) is 17.9. The van der Waals surface area contributed by atoms with Gasteiger partial charge in [0.2, 0.25) is 0 Å². The molecule has 2 aliphatic rings. The molecule has 1 aliphatic heterocycles. The Morgan fingerprint density at radius 2 is 1.84 bits per heavy atom. The van der Waals surface area contributed by atoms with Gasteiger partial charge in [-0.3, -0.25) is 9.78 Å². The smallest absolute Gasteiger partial charge is 0.370 e. The minimum Gasteiger partial charge on any atom is -0.370 e. The first-order chi connectivity index (χ1) is 14.9. The summed E-state index contributed by atoms with van der Waals surface area (Å²) in [6.45, 7) is 1.90. The summed E-state index contributed by atoms with van der Waals surface area (Å²) in [7, 11) is 0. The predicted octanol–water partition coefficient (Wildman–Crippen LogP) is 6.49. The van der Waals surface area contributed by atoms with Gasteiger partial charge in [-0.05, 0) is 61.8 Å². The molecule has 9 heteroatoms. The van der Waals surface area contributed by atoms with Crippen LogP contribution >= 0.6 is 0 Å². The molecule has 1 saturated carbocycles. The summed E-state index contributed by atoms with van der Waals surface area (Å²) < 4.78 is 68.9. The minimum absolute atomic E-state index is 0.0163. The number of anilines is 1. The molecule has 4 rings (SSSR count). The molecule has 0 N–H and O–H groups in total. The molecule has 0 unspecified atom stereocenters. The Kier molecular flexibility index (Phi) is 7.05. The minimum atomic E-state index is -4.41. The highest BCUT2D eigenvalue weighted by molar-refractivity contribution is 5.94. The van der Waals surface area contributed by atoms with E-state index in [2.05, 4.69) is 22.9 Å². The van der Waals surface area contributed by atoms with Crippen molar-refractivity contribution in [2.75, 3.05) is 18.0 Å². The molecule has 2 aromatic rings. The Bertz CT molecular complexity index is 954. The molecule has 1 aromatic carbocycles. The van der Waals surface area contributed by atoms with Crippen LogP contribution in [0.4, 0.5) is 32.0 Å². The summed E-state index contributed by atoms with van der Waals surface area (Å²) in [6, 6.07) is 8.04. The third-order valence-corrected chi connectivity index (χ3v) is 6.34. The number of nitrogens with zero attached hydrogens (tertiary/aromatic N) is 2. The number of carbonyl (C=O) groups excluding carboxylic acids is 1. The van der Waals surface area contributed by atoms with Crippen LogP contribution in [0.15, 0.2) is 30.5 Å². The monoisotopic (exact) mass is 460 g/mol. The standard InChI is InChI=1S/C22H25F3N2O.CHF3/c1-14-10-16(11-19(28)21(7-8-21)22(23,24)25)13-27(12-14)18-6-5-15(2)20-17(18)4-3-9-26-20;2-1(3)4/h3-6,9,14,16H,7-8,10-13H2,1-2H3;1H/t14-,16-;/m0./s1. The second-order valence-corrected chi connectivity index (χ2v) is 8.87. The molecule has 1 aliphatic carbocycles. The van der Waals surface area contributed by atoms with Crippen LogP contribution in [-0.4, -0.2) is 36.7 Å². The van der Waals surface area contributed by atoms with E-state index in [1.165, 1.54) is 0 Å². The van der Waals surface area contributed by atoms with E-state index in [4.69, 9.17) is 0 Å². The topological polar surface area (TPSA) is 33.2 Å². The van der Waals surface area contributed by atoms with Crippen LogP contribution in [0, 0.1) is 24.2 Å². The zero-order chi connectivity index (χ0) is 23.7. The molecule has 3 nitrogen and oxygen atoms in total. The molecule has 0 bridgehead atoms. The Morgan fingerprint density at radius 3 is 2.44 bits per heavy atom. The van der Waals surface area contributed by atoms with Crippen molar-refractivity contribution >= 4 is 22.4 Å². The van der Waals surface area contributed by atoms with Crippen molar-refractivity contribution < 1.29 is 31.1 Å². The number of Topliss-reactive ketones (excluding diaryl/α,β-unsaturated/α-hetero) is 1. The van der Waals surface area contributed by atoms with Gasteiger partial charge in [0.05, 0.1) is 5.52 Å². The maximum atomic E-state index is 13.3. The number of pyridine rings is 1. The zero-order valence-corrected chi connectivity index (χ0v) is 17.9. The molecule has 176 valence electrons.